The molecule has 4 fully saturated rings. The molecule has 5 aliphatic rings. The highest BCUT2D eigenvalue weighted by Gasteiger charge is 2.69. The van der Waals surface area contributed by atoms with Crippen molar-refractivity contribution >= 4 is 11.9 Å². The van der Waals surface area contributed by atoms with E-state index in [0.29, 0.717) is 24.9 Å². The van der Waals surface area contributed by atoms with E-state index in [1.54, 1.807) is 12.5 Å². The maximum Gasteiger partial charge on any atom is 0.312 e. The van der Waals surface area contributed by atoms with Crippen molar-refractivity contribution in [1.29, 1.82) is 0 Å². The van der Waals surface area contributed by atoms with Gasteiger partial charge in [0.2, 0.25) is 0 Å². The van der Waals surface area contributed by atoms with Gasteiger partial charge in [-0.2, -0.15) is 0 Å². The van der Waals surface area contributed by atoms with Crippen LogP contribution in [0.3, 0.4) is 0 Å². The van der Waals surface area contributed by atoms with Gasteiger partial charge < -0.3 is 14.3 Å². The summed E-state index contributed by atoms with van der Waals surface area (Å²) in [5, 5.41) is 9.61. The predicted octanol–water partition coefficient (Wildman–Crippen LogP) is 9.03. The van der Waals surface area contributed by atoms with E-state index in [-0.39, 0.29) is 57.6 Å². The molecule has 5 rings (SSSR count). The fourth-order valence-corrected chi connectivity index (χ4v) is 12.0. The first-order valence-electron chi connectivity index (χ1n) is 18.3. The summed E-state index contributed by atoms with van der Waals surface area (Å²) in [5.74, 6) is 1.10. The lowest BCUT2D eigenvalue weighted by Gasteiger charge is -2.71. The van der Waals surface area contributed by atoms with Crippen molar-refractivity contribution in [3.8, 4) is 0 Å². The molecular formula is C38H61NO7. The summed E-state index contributed by atoms with van der Waals surface area (Å²) in [7, 11) is 0. The van der Waals surface area contributed by atoms with Crippen molar-refractivity contribution in [3.63, 3.8) is 0 Å². The van der Waals surface area contributed by atoms with Gasteiger partial charge in [-0.25, -0.2) is 0 Å². The van der Waals surface area contributed by atoms with Gasteiger partial charge >= 0.3 is 11.9 Å². The molecule has 8 nitrogen and oxygen atoms in total. The lowest BCUT2D eigenvalue weighted by Crippen LogP contribution is -2.65. The smallest absolute Gasteiger partial charge is 0.312 e. The molecule has 0 N–H and O–H groups in total. The minimum atomic E-state index is -0.746. The molecule has 0 amide bonds. The topological polar surface area (TPSA) is 105 Å². The van der Waals surface area contributed by atoms with Gasteiger partial charge in [0.1, 0.15) is 6.10 Å². The molecule has 0 bridgehead atoms. The van der Waals surface area contributed by atoms with Gasteiger partial charge in [0.15, 0.2) is 0 Å². The molecule has 46 heavy (non-hydrogen) atoms. The lowest BCUT2D eigenvalue weighted by molar-refractivity contribution is -0.757. The van der Waals surface area contributed by atoms with E-state index in [4.69, 9.17) is 9.47 Å². The van der Waals surface area contributed by atoms with Gasteiger partial charge in [-0.15, -0.1) is 10.1 Å². The second-order valence-electron chi connectivity index (χ2n) is 17.9. The third-order valence-electron chi connectivity index (χ3n) is 14.8. The first kappa shape index (κ1) is 35.2. The van der Waals surface area contributed by atoms with Gasteiger partial charge in [0, 0.05) is 12.3 Å². The van der Waals surface area contributed by atoms with Crippen LogP contribution in [0, 0.1) is 60.4 Å². The molecule has 0 spiro atoms. The number of carbonyl (C=O) groups excluding carboxylic acids is 2. The molecular weight excluding hydrogens is 582 g/mol. The number of carbonyl (C=O) groups is 2. The second kappa shape index (κ2) is 12.4. The van der Waals surface area contributed by atoms with Crippen LogP contribution in [-0.4, -0.2) is 36.3 Å². The molecule has 0 unspecified atom stereocenters. The van der Waals surface area contributed by atoms with E-state index >= 15 is 0 Å². The van der Waals surface area contributed by atoms with E-state index in [0.717, 1.165) is 77.0 Å². The summed E-state index contributed by atoms with van der Waals surface area (Å²) in [5.41, 5.74) is 1.56. The average molecular weight is 644 g/mol. The third kappa shape index (κ3) is 5.80. The first-order chi connectivity index (χ1) is 21.4. The highest BCUT2D eigenvalue weighted by molar-refractivity contribution is 5.78. The quantitative estimate of drug-likeness (QED) is 0.0769. The number of esters is 2. The molecule has 0 aliphatic heterocycles. The highest BCUT2D eigenvalue weighted by Crippen LogP contribution is 2.76. The van der Waals surface area contributed by atoms with Crippen LogP contribution in [-0.2, 0) is 23.9 Å². The van der Waals surface area contributed by atoms with Gasteiger partial charge in [-0.05, 0) is 123 Å². The maximum absolute atomic E-state index is 14.2. The molecule has 0 aromatic heterocycles. The van der Waals surface area contributed by atoms with Crippen LogP contribution in [0.5, 0.6) is 0 Å². The molecule has 4 saturated carbocycles. The Balaban J connectivity index is 1.36. The van der Waals surface area contributed by atoms with Crippen molar-refractivity contribution in [2.45, 2.75) is 151 Å². The summed E-state index contributed by atoms with van der Waals surface area (Å²) in [6.07, 6.45) is 15.9. The Labute approximate surface area is 277 Å². The fraction of sp³-hybridized carbons (Fsp3) is 0.895. The van der Waals surface area contributed by atoms with Crippen LogP contribution < -0.4 is 0 Å². The number of nitrogens with zero attached hydrogens (tertiary/aromatic N) is 1. The summed E-state index contributed by atoms with van der Waals surface area (Å²) < 4.78 is 12.0. The van der Waals surface area contributed by atoms with E-state index in [1.165, 1.54) is 6.42 Å². The van der Waals surface area contributed by atoms with Crippen molar-refractivity contribution < 1.29 is 29.0 Å². The Bertz CT molecular complexity index is 1230. The van der Waals surface area contributed by atoms with Crippen molar-refractivity contribution in [2.24, 2.45) is 50.2 Å². The second-order valence-corrected chi connectivity index (χ2v) is 17.9. The van der Waals surface area contributed by atoms with Gasteiger partial charge in [0.25, 0.3) is 5.09 Å². The van der Waals surface area contributed by atoms with Gasteiger partial charge in [-0.3, -0.25) is 9.59 Å². The van der Waals surface area contributed by atoms with E-state index in [2.05, 4.69) is 59.4 Å². The highest BCUT2D eigenvalue weighted by atomic mass is 16.9. The number of allylic oxidation sites excluding steroid dienone is 2. The predicted molar refractivity (Wildman–Crippen MR) is 177 cm³/mol. The Morgan fingerprint density at radius 1 is 0.870 bits per heavy atom. The minimum Gasteiger partial charge on any atom is -0.465 e. The van der Waals surface area contributed by atoms with E-state index in [1.807, 2.05) is 0 Å². The molecule has 5 aliphatic carbocycles. The first-order valence-corrected chi connectivity index (χ1v) is 18.3. The number of hydrogen-bond donors (Lipinski definition) is 0. The number of hydrogen-bond acceptors (Lipinski definition) is 7. The summed E-state index contributed by atoms with van der Waals surface area (Å²) in [4.78, 5) is 40.9. The van der Waals surface area contributed by atoms with Crippen LogP contribution in [0.15, 0.2) is 11.6 Å². The van der Waals surface area contributed by atoms with Crippen LogP contribution in [0.4, 0.5) is 0 Å². The Hall–Kier alpha value is -2.12. The van der Waals surface area contributed by atoms with Gasteiger partial charge in [-0.1, -0.05) is 66.5 Å². The number of ether oxygens (including phenoxy) is 2. The largest absolute Gasteiger partial charge is 0.465 e. The molecule has 0 saturated heterocycles. The minimum absolute atomic E-state index is 0.00104. The standard InChI is InChI=1S/C38H61NO7/c1-26(40)46-31-16-17-35(6)29(34(31,4)5)15-18-37(8)30(35)14-13-27-28-25-33(2,3)19-21-38(28,22-20-36(27,37)7)32(41)44-23-11-9-10-12-24-45-39(42)43/h13,28-31H,9-12,14-25H2,1-8H3/t28-,29-,30+,31-,35-,36+,37+,38-/m0/s1. The molecule has 8 atom stereocenters. The van der Waals surface area contributed by atoms with Crippen LogP contribution in [0.1, 0.15) is 145 Å². The fourth-order valence-electron chi connectivity index (χ4n) is 12.0. The average Bonchev–Trinajstić information content (AvgIpc) is 2.95. The number of fused-ring (bicyclic) bond motifs is 7. The SMILES string of the molecule is CC(=O)O[C@H]1CC[C@]2(C)[C@H]3CC=C4[C@@H]5CC(C)(C)CC[C@]5(C(=O)OCCCCCCO[N+](=O)[O-])CC[C@@]4(C)[C@]3(C)CC[C@H]2C1(C)C. The maximum atomic E-state index is 14.2. The van der Waals surface area contributed by atoms with Crippen LogP contribution in [0.25, 0.3) is 0 Å². The zero-order valence-electron chi connectivity index (χ0n) is 30.0. The van der Waals surface area contributed by atoms with Crippen LogP contribution >= 0.6 is 0 Å². The number of unbranched alkanes of at least 4 members (excludes halogenated alkanes) is 3. The molecule has 0 aromatic rings. The van der Waals surface area contributed by atoms with E-state index in [9.17, 15) is 19.7 Å². The zero-order valence-corrected chi connectivity index (χ0v) is 30.0. The molecule has 0 aromatic carbocycles. The molecule has 0 radical (unpaired) electrons. The van der Waals surface area contributed by atoms with Crippen molar-refractivity contribution in [3.05, 3.63) is 21.8 Å². The molecule has 260 valence electrons. The summed E-state index contributed by atoms with van der Waals surface area (Å²) >= 11 is 0. The Morgan fingerprint density at radius 2 is 1.54 bits per heavy atom. The van der Waals surface area contributed by atoms with E-state index < -0.39 is 10.5 Å². The zero-order chi connectivity index (χ0) is 33.8. The molecule has 0 heterocycles. The monoisotopic (exact) mass is 643 g/mol. The third-order valence-corrected chi connectivity index (χ3v) is 14.8. The van der Waals surface area contributed by atoms with Crippen molar-refractivity contribution in [1.82, 2.24) is 0 Å². The Kier molecular flexibility index (Phi) is 9.49. The summed E-state index contributed by atoms with van der Waals surface area (Å²) in [6.45, 7) is 19.2. The van der Waals surface area contributed by atoms with Crippen LogP contribution in [0.2, 0.25) is 0 Å². The molecule has 8 heteroatoms. The lowest BCUT2D eigenvalue weighted by atomic mass is 9.33. The normalized spacial score (nSPS) is 40.6. The Morgan fingerprint density at radius 3 is 2.22 bits per heavy atom. The van der Waals surface area contributed by atoms with Gasteiger partial charge in [0.05, 0.1) is 18.6 Å². The summed E-state index contributed by atoms with van der Waals surface area (Å²) in [6, 6.07) is 0. The number of rotatable bonds is 10. The van der Waals surface area contributed by atoms with Crippen molar-refractivity contribution in [2.75, 3.05) is 13.2 Å².